The van der Waals surface area contributed by atoms with Crippen LogP contribution in [0.15, 0.2) is 42.5 Å². The first-order chi connectivity index (χ1) is 14.5. The van der Waals surface area contributed by atoms with E-state index < -0.39 is 0 Å². The molecule has 2 aliphatic rings. The Kier molecular flexibility index (Phi) is 6.41. The predicted octanol–water partition coefficient (Wildman–Crippen LogP) is 3.99. The number of imide groups is 1. The summed E-state index contributed by atoms with van der Waals surface area (Å²) in [6, 6.07) is 12.3. The van der Waals surface area contributed by atoms with E-state index in [1.807, 2.05) is 24.3 Å². The molecule has 156 valence electrons. The third-order valence-corrected chi connectivity index (χ3v) is 6.29. The van der Waals surface area contributed by atoms with Gasteiger partial charge in [0, 0.05) is 23.1 Å². The van der Waals surface area contributed by atoms with Gasteiger partial charge in [0.05, 0.1) is 29.5 Å². The van der Waals surface area contributed by atoms with Crippen molar-refractivity contribution in [1.82, 2.24) is 4.90 Å². The Bertz CT molecular complexity index is 991. The highest BCUT2D eigenvalue weighted by Crippen LogP contribution is 2.27. The largest absolute Gasteiger partial charge is 0.376 e. The number of amides is 3. The monoisotopic (exact) mass is 444 g/mol. The van der Waals surface area contributed by atoms with Crippen molar-refractivity contribution < 1.29 is 19.1 Å². The zero-order valence-electron chi connectivity index (χ0n) is 16.2. The Hall–Kier alpha value is -2.35. The Morgan fingerprint density at radius 3 is 2.77 bits per heavy atom. The van der Waals surface area contributed by atoms with E-state index in [4.69, 9.17) is 16.3 Å². The highest BCUT2D eigenvalue weighted by Gasteiger charge is 2.37. The van der Waals surface area contributed by atoms with E-state index in [0.717, 1.165) is 18.4 Å². The van der Waals surface area contributed by atoms with E-state index in [0.29, 0.717) is 34.2 Å². The summed E-state index contributed by atoms with van der Waals surface area (Å²) in [6.45, 7) is 0.938. The van der Waals surface area contributed by atoms with Crippen LogP contribution in [0.2, 0.25) is 5.02 Å². The molecule has 6 nitrogen and oxygen atoms in total. The minimum Gasteiger partial charge on any atom is -0.376 e. The molecule has 0 radical (unpaired) electrons. The second-order valence-electron chi connectivity index (χ2n) is 7.29. The Morgan fingerprint density at radius 2 is 2.00 bits per heavy atom. The molecular formula is C22H21ClN2O4S. The van der Waals surface area contributed by atoms with Crippen LogP contribution in [0.3, 0.4) is 0 Å². The normalized spacial score (nSPS) is 18.0. The topological polar surface area (TPSA) is 75.7 Å². The van der Waals surface area contributed by atoms with Crippen LogP contribution in [-0.2, 0) is 15.3 Å². The molecule has 1 N–H and O–H groups in total. The number of carbonyl (C=O) groups excluding carboxylic acids is 3. The molecule has 1 fully saturated rings. The van der Waals surface area contributed by atoms with Gasteiger partial charge in [-0.05, 0) is 48.7 Å². The van der Waals surface area contributed by atoms with Crippen LogP contribution in [0.5, 0.6) is 0 Å². The van der Waals surface area contributed by atoms with E-state index in [2.05, 4.69) is 5.32 Å². The first-order valence-electron chi connectivity index (χ1n) is 9.75. The lowest BCUT2D eigenvalue weighted by atomic mass is 10.1. The van der Waals surface area contributed by atoms with Crippen LogP contribution in [-0.4, -0.2) is 47.6 Å². The molecule has 0 spiro atoms. The lowest BCUT2D eigenvalue weighted by molar-refractivity contribution is -0.113. The molecule has 0 aliphatic carbocycles. The maximum atomic E-state index is 12.7. The molecule has 1 unspecified atom stereocenters. The minimum atomic E-state index is -0.336. The highest BCUT2D eigenvalue weighted by atomic mass is 35.5. The van der Waals surface area contributed by atoms with Gasteiger partial charge in [-0.1, -0.05) is 23.7 Å². The van der Waals surface area contributed by atoms with E-state index >= 15 is 0 Å². The molecule has 2 aromatic carbocycles. The molecule has 2 aromatic rings. The minimum absolute atomic E-state index is 0.0945. The van der Waals surface area contributed by atoms with Gasteiger partial charge in [-0.25, -0.2) is 0 Å². The van der Waals surface area contributed by atoms with Gasteiger partial charge in [0.2, 0.25) is 5.91 Å². The first kappa shape index (κ1) is 20.9. The summed E-state index contributed by atoms with van der Waals surface area (Å²) in [7, 11) is 0. The number of hydrogen-bond donors (Lipinski definition) is 1. The maximum Gasteiger partial charge on any atom is 0.261 e. The van der Waals surface area contributed by atoms with Gasteiger partial charge in [-0.2, -0.15) is 0 Å². The average molecular weight is 445 g/mol. The van der Waals surface area contributed by atoms with Crippen LogP contribution in [0.25, 0.3) is 0 Å². The van der Waals surface area contributed by atoms with Crippen molar-refractivity contribution in [3.63, 3.8) is 0 Å². The quantitative estimate of drug-likeness (QED) is 0.653. The molecule has 0 saturated carbocycles. The number of nitrogens with one attached hydrogen (secondary N) is 1. The van der Waals surface area contributed by atoms with Crippen molar-refractivity contribution in [2.45, 2.75) is 24.7 Å². The molecule has 30 heavy (non-hydrogen) atoms. The van der Waals surface area contributed by atoms with Gasteiger partial charge in [0.25, 0.3) is 11.8 Å². The summed E-state index contributed by atoms with van der Waals surface area (Å²) in [6.07, 6.45) is 1.70. The molecule has 2 heterocycles. The zero-order chi connectivity index (χ0) is 21.1. The van der Waals surface area contributed by atoms with Gasteiger partial charge < -0.3 is 10.1 Å². The van der Waals surface area contributed by atoms with Gasteiger partial charge >= 0.3 is 0 Å². The lowest BCUT2D eigenvalue weighted by Gasteiger charge is -2.17. The number of hydrogen-bond acceptors (Lipinski definition) is 5. The SMILES string of the molecule is O=C(CSCc1cccc(Cl)c1)Nc1ccc2c(c1)C(=O)N(CC1CCCO1)C2=O. The smallest absolute Gasteiger partial charge is 0.261 e. The third kappa shape index (κ3) is 4.69. The summed E-state index contributed by atoms with van der Waals surface area (Å²) < 4.78 is 5.55. The number of fused-ring (bicyclic) bond motifs is 1. The van der Waals surface area contributed by atoms with Crippen molar-refractivity contribution in [3.8, 4) is 0 Å². The molecule has 3 amide bonds. The number of thioether (sulfide) groups is 1. The summed E-state index contributed by atoms with van der Waals surface area (Å²) in [5.41, 5.74) is 2.24. The molecule has 0 bridgehead atoms. The van der Waals surface area contributed by atoms with Crippen LogP contribution in [0, 0.1) is 0 Å². The number of benzene rings is 2. The summed E-state index contributed by atoms with van der Waals surface area (Å²) in [5, 5.41) is 3.47. The number of nitrogens with zero attached hydrogens (tertiary/aromatic N) is 1. The zero-order valence-corrected chi connectivity index (χ0v) is 17.8. The van der Waals surface area contributed by atoms with E-state index in [9.17, 15) is 14.4 Å². The number of rotatable bonds is 7. The number of carbonyl (C=O) groups is 3. The first-order valence-corrected chi connectivity index (χ1v) is 11.3. The highest BCUT2D eigenvalue weighted by molar-refractivity contribution is 7.99. The molecule has 0 aromatic heterocycles. The number of halogens is 1. The lowest BCUT2D eigenvalue weighted by Crippen LogP contribution is -2.36. The summed E-state index contributed by atoms with van der Waals surface area (Å²) in [4.78, 5) is 38.8. The fourth-order valence-corrected chi connectivity index (χ4v) is 4.60. The van der Waals surface area contributed by atoms with Crippen molar-refractivity contribution in [2.24, 2.45) is 0 Å². The Balaban J connectivity index is 1.34. The van der Waals surface area contributed by atoms with Crippen LogP contribution in [0.4, 0.5) is 5.69 Å². The standard InChI is InChI=1S/C22H21ClN2O4S/c23-15-4-1-3-14(9-15)12-30-13-20(26)24-16-6-7-18-19(10-16)22(28)25(21(18)27)11-17-5-2-8-29-17/h1,3-4,6-7,9-10,17H,2,5,8,11-13H2,(H,24,26). The summed E-state index contributed by atoms with van der Waals surface area (Å²) in [5.74, 6) is 0.123. The van der Waals surface area contributed by atoms with Crippen LogP contribution < -0.4 is 5.32 Å². The second-order valence-corrected chi connectivity index (χ2v) is 8.71. The molecule has 4 rings (SSSR count). The van der Waals surface area contributed by atoms with Crippen molar-refractivity contribution >= 4 is 46.8 Å². The van der Waals surface area contributed by atoms with Crippen molar-refractivity contribution in [2.75, 3.05) is 24.2 Å². The molecule has 1 saturated heterocycles. The molecular weight excluding hydrogens is 424 g/mol. The Morgan fingerprint density at radius 1 is 1.17 bits per heavy atom. The molecule has 8 heteroatoms. The Labute approximate surface area is 183 Å². The fourth-order valence-electron chi connectivity index (χ4n) is 3.61. The van der Waals surface area contributed by atoms with Crippen LogP contribution >= 0.6 is 23.4 Å². The van der Waals surface area contributed by atoms with Crippen molar-refractivity contribution in [3.05, 3.63) is 64.2 Å². The van der Waals surface area contributed by atoms with Crippen LogP contribution in [0.1, 0.15) is 39.1 Å². The van der Waals surface area contributed by atoms with Gasteiger partial charge in [0.15, 0.2) is 0 Å². The van der Waals surface area contributed by atoms with E-state index in [1.165, 1.54) is 16.7 Å². The number of ether oxygens (including phenoxy) is 1. The van der Waals surface area contributed by atoms with Crippen molar-refractivity contribution in [1.29, 1.82) is 0 Å². The number of anilines is 1. The van der Waals surface area contributed by atoms with Gasteiger partial charge in [-0.15, -0.1) is 11.8 Å². The molecule has 2 aliphatic heterocycles. The van der Waals surface area contributed by atoms with Gasteiger partial charge in [0.1, 0.15) is 0 Å². The molecule has 1 atom stereocenters. The maximum absolute atomic E-state index is 12.7. The second kappa shape index (κ2) is 9.20. The predicted molar refractivity (Wildman–Crippen MR) is 117 cm³/mol. The van der Waals surface area contributed by atoms with Gasteiger partial charge in [-0.3, -0.25) is 19.3 Å². The summed E-state index contributed by atoms with van der Waals surface area (Å²) >= 11 is 7.44. The third-order valence-electron chi connectivity index (χ3n) is 5.06. The fraction of sp³-hybridized carbons (Fsp3) is 0.318. The van der Waals surface area contributed by atoms with E-state index in [-0.39, 0.29) is 36.1 Å². The van der Waals surface area contributed by atoms with E-state index in [1.54, 1.807) is 18.2 Å². The average Bonchev–Trinajstić information content (AvgIpc) is 3.31.